The minimum atomic E-state index is -1.03. The van der Waals surface area contributed by atoms with E-state index >= 15 is 0 Å². The smallest absolute Gasteiger partial charge is 0.341 e. The zero-order valence-electron chi connectivity index (χ0n) is 16.5. The third kappa shape index (κ3) is 3.85. The van der Waals surface area contributed by atoms with Crippen molar-refractivity contribution in [3.63, 3.8) is 0 Å². The van der Waals surface area contributed by atoms with E-state index in [1.54, 1.807) is 17.0 Å². The number of aliphatic carboxylic acids is 1. The lowest BCUT2D eigenvalue weighted by Crippen LogP contribution is -2.43. The molecule has 0 unspecified atom stereocenters. The van der Waals surface area contributed by atoms with Crippen LogP contribution in [-0.4, -0.2) is 23.6 Å². The molecule has 0 saturated heterocycles. The number of hydrogen-bond donors (Lipinski definition) is 2. The molecular formula is C24H22N2O4. The number of amides is 1. The number of hydrogen-bond acceptors (Lipinski definition) is 4. The second-order valence-corrected chi connectivity index (χ2v) is 7.04. The van der Waals surface area contributed by atoms with Crippen LogP contribution >= 0.6 is 0 Å². The summed E-state index contributed by atoms with van der Waals surface area (Å²) in [6, 6.07) is 22.5. The largest absolute Gasteiger partial charge is 0.482 e. The lowest BCUT2D eigenvalue weighted by Gasteiger charge is -2.38. The Bertz CT molecular complexity index is 1060. The topological polar surface area (TPSA) is 78.9 Å². The summed E-state index contributed by atoms with van der Waals surface area (Å²) in [6.07, 6.45) is 0.518. The van der Waals surface area contributed by atoms with Crippen molar-refractivity contribution >= 4 is 23.3 Å². The molecule has 1 heterocycles. The number of rotatable bonds is 6. The normalized spacial score (nSPS) is 15.3. The molecule has 152 valence electrons. The van der Waals surface area contributed by atoms with Crippen LogP contribution in [0.25, 0.3) is 0 Å². The predicted octanol–water partition coefficient (Wildman–Crippen LogP) is 4.48. The molecule has 0 radical (unpaired) electrons. The standard InChI is InChI=1S/C24H22N2O4/c1-2-16-7-11-18(12-8-16)26-23(25-21-6-4-3-5-20(21)24(26)29)17-9-13-19(14-10-17)30-15-22(27)28/h3-14,23,25H,2,15H2,1H3,(H,27,28)/t23-/m1/s1. The first-order chi connectivity index (χ1) is 14.6. The van der Waals surface area contributed by atoms with E-state index < -0.39 is 18.7 Å². The predicted molar refractivity (Wildman–Crippen MR) is 115 cm³/mol. The van der Waals surface area contributed by atoms with Gasteiger partial charge in [-0.15, -0.1) is 0 Å². The Labute approximate surface area is 174 Å². The Balaban J connectivity index is 1.71. The summed E-state index contributed by atoms with van der Waals surface area (Å²) in [5.41, 5.74) is 4.26. The molecule has 1 amide bonds. The number of benzene rings is 3. The highest BCUT2D eigenvalue weighted by molar-refractivity contribution is 6.12. The Morgan fingerprint density at radius 1 is 1.03 bits per heavy atom. The second-order valence-electron chi connectivity index (χ2n) is 7.04. The molecule has 1 aliphatic rings. The van der Waals surface area contributed by atoms with Gasteiger partial charge in [0.2, 0.25) is 0 Å². The SMILES string of the molecule is CCc1ccc(N2C(=O)c3ccccc3N[C@H]2c2ccc(OCC(=O)O)cc2)cc1. The quantitative estimate of drug-likeness (QED) is 0.635. The van der Waals surface area contributed by atoms with Gasteiger partial charge in [-0.1, -0.05) is 43.3 Å². The van der Waals surface area contributed by atoms with E-state index in [4.69, 9.17) is 9.84 Å². The number of carboxylic acids is 1. The molecule has 0 aromatic heterocycles. The lowest BCUT2D eigenvalue weighted by atomic mass is 10.0. The van der Waals surface area contributed by atoms with Gasteiger partial charge in [0.05, 0.1) is 5.56 Å². The average Bonchev–Trinajstić information content (AvgIpc) is 2.78. The number of aryl methyl sites for hydroxylation is 1. The lowest BCUT2D eigenvalue weighted by molar-refractivity contribution is -0.139. The van der Waals surface area contributed by atoms with E-state index in [-0.39, 0.29) is 5.91 Å². The molecule has 0 aliphatic carbocycles. The summed E-state index contributed by atoms with van der Waals surface area (Å²) in [5, 5.41) is 12.2. The highest BCUT2D eigenvalue weighted by atomic mass is 16.5. The van der Waals surface area contributed by atoms with E-state index in [0.717, 1.165) is 23.4 Å². The zero-order valence-corrected chi connectivity index (χ0v) is 16.5. The molecule has 3 aromatic rings. The van der Waals surface area contributed by atoms with Crippen LogP contribution in [0.1, 0.15) is 34.6 Å². The molecule has 1 atom stereocenters. The van der Waals surface area contributed by atoms with Gasteiger partial charge in [0.25, 0.3) is 5.91 Å². The van der Waals surface area contributed by atoms with Gasteiger partial charge in [0.15, 0.2) is 6.61 Å². The minimum absolute atomic E-state index is 0.0789. The first-order valence-corrected chi connectivity index (χ1v) is 9.79. The molecule has 4 rings (SSSR count). The molecule has 3 aromatic carbocycles. The van der Waals surface area contributed by atoms with Crippen LogP contribution < -0.4 is 15.0 Å². The number of fused-ring (bicyclic) bond motifs is 1. The summed E-state index contributed by atoms with van der Waals surface area (Å²) in [4.78, 5) is 25.8. The summed E-state index contributed by atoms with van der Waals surface area (Å²) in [6.45, 7) is 1.69. The third-order valence-electron chi connectivity index (χ3n) is 5.11. The summed E-state index contributed by atoms with van der Waals surface area (Å²) < 4.78 is 5.22. The number of nitrogens with one attached hydrogen (secondary N) is 1. The fourth-order valence-electron chi connectivity index (χ4n) is 3.54. The molecule has 2 N–H and O–H groups in total. The maximum absolute atomic E-state index is 13.4. The molecule has 0 spiro atoms. The van der Waals surface area contributed by atoms with Crippen LogP contribution in [0.3, 0.4) is 0 Å². The van der Waals surface area contributed by atoms with Gasteiger partial charge in [0, 0.05) is 11.4 Å². The average molecular weight is 402 g/mol. The molecule has 0 fully saturated rings. The number of carbonyl (C=O) groups is 2. The van der Waals surface area contributed by atoms with Gasteiger partial charge in [-0.05, 0) is 53.9 Å². The molecule has 0 bridgehead atoms. The van der Waals surface area contributed by atoms with Gasteiger partial charge in [-0.25, -0.2) is 4.79 Å². The highest BCUT2D eigenvalue weighted by Crippen LogP contribution is 2.37. The first-order valence-electron chi connectivity index (χ1n) is 9.79. The molecule has 0 saturated carbocycles. The zero-order chi connectivity index (χ0) is 21.1. The molecule has 30 heavy (non-hydrogen) atoms. The fourth-order valence-corrected chi connectivity index (χ4v) is 3.54. The van der Waals surface area contributed by atoms with Gasteiger partial charge in [-0.3, -0.25) is 9.69 Å². The maximum atomic E-state index is 13.4. The van der Waals surface area contributed by atoms with Gasteiger partial charge in [0.1, 0.15) is 11.9 Å². The van der Waals surface area contributed by atoms with Crippen molar-refractivity contribution in [2.75, 3.05) is 16.8 Å². The van der Waals surface area contributed by atoms with Crippen molar-refractivity contribution in [1.29, 1.82) is 0 Å². The first kappa shape index (κ1) is 19.5. The Hall–Kier alpha value is -3.80. The van der Waals surface area contributed by atoms with E-state index in [1.165, 1.54) is 5.56 Å². The van der Waals surface area contributed by atoms with Crippen LogP contribution in [0.5, 0.6) is 5.75 Å². The van der Waals surface area contributed by atoms with Crippen LogP contribution in [0, 0.1) is 0 Å². The van der Waals surface area contributed by atoms with Crippen LogP contribution in [0.2, 0.25) is 0 Å². The number of para-hydroxylation sites is 1. The van der Waals surface area contributed by atoms with E-state index in [2.05, 4.69) is 12.2 Å². The number of carbonyl (C=O) groups excluding carboxylic acids is 1. The Kier molecular flexibility index (Phi) is 5.39. The summed E-state index contributed by atoms with van der Waals surface area (Å²) >= 11 is 0. The van der Waals surface area contributed by atoms with Crippen molar-refractivity contribution in [2.24, 2.45) is 0 Å². The van der Waals surface area contributed by atoms with Gasteiger partial charge >= 0.3 is 5.97 Å². The Morgan fingerprint density at radius 3 is 2.40 bits per heavy atom. The molecule has 6 heteroatoms. The number of anilines is 2. The van der Waals surface area contributed by atoms with Crippen molar-refractivity contribution in [1.82, 2.24) is 0 Å². The highest BCUT2D eigenvalue weighted by Gasteiger charge is 2.33. The summed E-state index contributed by atoms with van der Waals surface area (Å²) in [5.74, 6) is -0.649. The molecule has 1 aliphatic heterocycles. The number of carboxylic acid groups (broad SMARTS) is 1. The summed E-state index contributed by atoms with van der Waals surface area (Å²) in [7, 11) is 0. The Morgan fingerprint density at radius 2 is 1.73 bits per heavy atom. The van der Waals surface area contributed by atoms with Crippen LogP contribution in [-0.2, 0) is 11.2 Å². The van der Waals surface area contributed by atoms with E-state index in [9.17, 15) is 9.59 Å². The monoisotopic (exact) mass is 402 g/mol. The third-order valence-corrected chi connectivity index (χ3v) is 5.11. The van der Waals surface area contributed by atoms with E-state index in [1.807, 2.05) is 60.7 Å². The molecule has 6 nitrogen and oxygen atoms in total. The van der Waals surface area contributed by atoms with Crippen molar-refractivity contribution in [2.45, 2.75) is 19.5 Å². The number of nitrogens with zero attached hydrogens (tertiary/aromatic N) is 1. The minimum Gasteiger partial charge on any atom is -0.482 e. The van der Waals surface area contributed by atoms with Crippen LogP contribution in [0.4, 0.5) is 11.4 Å². The van der Waals surface area contributed by atoms with E-state index in [0.29, 0.717) is 11.3 Å². The van der Waals surface area contributed by atoms with Crippen molar-refractivity contribution in [3.8, 4) is 5.75 Å². The maximum Gasteiger partial charge on any atom is 0.341 e. The second kappa shape index (κ2) is 8.29. The van der Waals surface area contributed by atoms with Gasteiger partial charge in [-0.2, -0.15) is 0 Å². The fraction of sp³-hybridized carbons (Fsp3) is 0.167. The van der Waals surface area contributed by atoms with Crippen LogP contribution in [0.15, 0.2) is 72.8 Å². The van der Waals surface area contributed by atoms with Gasteiger partial charge < -0.3 is 15.2 Å². The van der Waals surface area contributed by atoms with Crippen molar-refractivity contribution in [3.05, 3.63) is 89.5 Å². The number of ether oxygens (including phenoxy) is 1. The molecular weight excluding hydrogens is 380 g/mol. The van der Waals surface area contributed by atoms with Crippen molar-refractivity contribution < 1.29 is 19.4 Å².